The second kappa shape index (κ2) is 5.25. The zero-order chi connectivity index (χ0) is 13.4. The Kier molecular flexibility index (Phi) is 3.63. The predicted molar refractivity (Wildman–Crippen MR) is 77.0 cm³/mol. The first kappa shape index (κ1) is 13.1. The highest BCUT2D eigenvalue weighted by atomic mass is 79.9. The number of amides is 1. The maximum atomic E-state index is 12.0. The van der Waals surface area contributed by atoms with Crippen LogP contribution in [0.25, 0.3) is 0 Å². The van der Waals surface area contributed by atoms with Crippen LogP contribution in [0.1, 0.15) is 31.2 Å². The Balaban J connectivity index is 1.52. The van der Waals surface area contributed by atoms with E-state index in [1.165, 1.54) is 5.56 Å². The highest BCUT2D eigenvalue weighted by Crippen LogP contribution is 2.44. The van der Waals surface area contributed by atoms with E-state index < -0.39 is 0 Å². The third-order valence-electron chi connectivity index (χ3n) is 3.87. The van der Waals surface area contributed by atoms with Crippen molar-refractivity contribution >= 4 is 21.8 Å². The molecule has 1 N–H and O–H groups in total. The molecule has 1 aromatic rings. The van der Waals surface area contributed by atoms with Crippen LogP contribution < -0.4 is 5.32 Å². The molecule has 1 amide bonds. The molecule has 3 nitrogen and oxygen atoms in total. The van der Waals surface area contributed by atoms with Crippen LogP contribution in [0.15, 0.2) is 28.7 Å². The third kappa shape index (κ3) is 2.84. The Hall–Kier alpha value is -0.870. The van der Waals surface area contributed by atoms with Crippen LogP contribution in [0.2, 0.25) is 0 Å². The molecule has 2 aliphatic rings. The third-order valence-corrected chi connectivity index (χ3v) is 4.59. The zero-order valence-corrected chi connectivity index (χ0v) is 12.5. The van der Waals surface area contributed by atoms with E-state index in [9.17, 15) is 4.79 Å². The normalized spacial score (nSPS) is 31.9. The Bertz CT molecular complexity index is 491. The Morgan fingerprint density at radius 2 is 2.21 bits per heavy atom. The quantitative estimate of drug-likeness (QED) is 0.904. The van der Waals surface area contributed by atoms with Crippen LogP contribution in [0.5, 0.6) is 0 Å². The lowest BCUT2D eigenvalue weighted by atomic mass is 10.1. The van der Waals surface area contributed by atoms with E-state index in [-0.39, 0.29) is 17.9 Å². The highest BCUT2D eigenvalue weighted by molar-refractivity contribution is 9.10. The molecular weight excluding hydrogens is 306 g/mol. The molecule has 3 rings (SSSR count). The molecule has 0 aromatic heterocycles. The predicted octanol–water partition coefficient (Wildman–Crippen LogP) is 2.85. The summed E-state index contributed by atoms with van der Waals surface area (Å²) in [6, 6.07) is 8.54. The Morgan fingerprint density at radius 1 is 1.42 bits per heavy atom. The summed E-state index contributed by atoms with van der Waals surface area (Å²) in [4.78, 5) is 12.0. The summed E-state index contributed by atoms with van der Waals surface area (Å²) in [5, 5.41) is 3.14. The highest BCUT2D eigenvalue weighted by Gasteiger charge is 2.47. The molecule has 4 heteroatoms. The molecule has 102 valence electrons. The Labute approximate surface area is 121 Å². The van der Waals surface area contributed by atoms with Crippen molar-refractivity contribution in [3.63, 3.8) is 0 Å². The smallest absolute Gasteiger partial charge is 0.226 e. The average molecular weight is 324 g/mol. The van der Waals surface area contributed by atoms with Gasteiger partial charge in [0.05, 0.1) is 12.0 Å². The van der Waals surface area contributed by atoms with Gasteiger partial charge in [-0.25, -0.2) is 0 Å². The van der Waals surface area contributed by atoms with Crippen molar-refractivity contribution in [3.8, 4) is 0 Å². The van der Waals surface area contributed by atoms with E-state index >= 15 is 0 Å². The van der Waals surface area contributed by atoms with E-state index in [0.717, 1.165) is 17.3 Å². The molecule has 0 aliphatic heterocycles. The average Bonchev–Trinajstić information content (AvgIpc) is 3.27. The molecule has 0 radical (unpaired) electrons. The van der Waals surface area contributed by atoms with E-state index in [2.05, 4.69) is 33.4 Å². The second-order valence-electron chi connectivity index (χ2n) is 5.31. The summed E-state index contributed by atoms with van der Waals surface area (Å²) >= 11 is 3.57. The first-order chi connectivity index (χ1) is 9.20. The number of hydrogen-bond donors (Lipinski definition) is 1. The van der Waals surface area contributed by atoms with Gasteiger partial charge in [0.15, 0.2) is 0 Å². The topological polar surface area (TPSA) is 38.3 Å². The van der Waals surface area contributed by atoms with Crippen molar-refractivity contribution < 1.29 is 9.53 Å². The maximum Gasteiger partial charge on any atom is 0.226 e. The molecule has 2 aliphatic carbocycles. The van der Waals surface area contributed by atoms with E-state index in [4.69, 9.17) is 4.74 Å². The molecule has 0 bridgehead atoms. The van der Waals surface area contributed by atoms with Gasteiger partial charge >= 0.3 is 0 Å². The van der Waals surface area contributed by atoms with Crippen LogP contribution in [-0.2, 0) is 9.53 Å². The van der Waals surface area contributed by atoms with Crippen molar-refractivity contribution in [2.45, 2.75) is 37.8 Å². The number of ether oxygens (including phenoxy) is 1. The van der Waals surface area contributed by atoms with Crippen molar-refractivity contribution in [2.75, 3.05) is 6.61 Å². The summed E-state index contributed by atoms with van der Waals surface area (Å²) in [6.45, 7) is 2.66. The SMILES string of the molecule is CCO[C@@H]1C[C@@H]1C(=O)N[C@H]1C[C@@H]1c1ccccc1Br. The van der Waals surface area contributed by atoms with Gasteiger partial charge in [-0.1, -0.05) is 34.1 Å². The molecule has 19 heavy (non-hydrogen) atoms. The minimum atomic E-state index is 0.0837. The molecular formula is C15H18BrNO2. The monoisotopic (exact) mass is 323 g/mol. The fourth-order valence-corrected chi connectivity index (χ4v) is 3.19. The summed E-state index contributed by atoms with van der Waals surface area (Å²) in [5.41, 5.74) is 1.30. The molecule has 0 unspecified atom stereocenters. The summed E-state index contributed by atoms with van der Waals surface area (Å²) < 4.78 is 6.59. The molecule has 4 atom stereocenters. The van der Waals surface area contributed by atoms with Gasteiger partial charge in [0.25, 0.3) is 0 Å². The van der Waals surface area contributed by atoms with E-state index in [1.807, 2.05) is 19.1 Å². The van der Waals surface area contributed by atoms with Gasteiger partial charge in [0.2, 0.25) is 5.91 Å². The minimum absolute atomic E-state index is 0.0837. The number of halogens is 1. The first-order valence-electron chi connectivity index (χ1n) is 6.87. The molecule has 2 fully saturated rings. The fourth-order valence-electron chi connectivity index (χ4n) is 2.61. The zero-order valence-electron chi connectivity index (χ0n) is 10.9. The standard InChI is InChI=1S/C15H18BrNO2/c1-2-19-14-8-11(14)15(18)17-13-7-10(13)9-5-3-4-6-12(9)16/h3-6,10-11,13-14H,2,7-8H2,1H3,(H,17,18)/t10-,11+,13+,14-/m1/s1. The number of hydrogen-bond acceptors (Lipinski definition) is 2. The van der Waals surface area contributed by atoms with Crippen LogP contribution in [0.3, 0.4) is 0 Å². The van der Waals surface area contributed by atoms with Crippen LogP contribution in [0, 0.1) is 5.92 Å². The van der Waals surface area contributed by atoms with Crippen LogP contribution >= 0.6 is 15.9 Å². The minimum Gasteiger partial charge on any atom is -0.378 e. The van der Waals surface area contributed by atoms with Gasteiger partial charge in [0.1, 0.15) is 0 Å². The fraction of sp³-hybridized carbons (Fsp3) is 0.533. The largest absolute Gasteiger partial charge is 0.378 e. The number of carbonyl (C=O) groups excluding carboxylic acids is 1. The molecule has 0 heterocycles. The van der Waals surface area contributed by atoms with Crippen molar-refractivity contribution in [1.82, 2.24) is 5.32 Å². The van der Waals surface area contributed by atoms with E-state index in [0.29, 0.717) is 18.6 Å². The lowest BCUT2D eigenvalue weighted by Crippen LogP contribution is -2.29. The van der Waals surface area contributed by atoms with Crippen molar-refractivity contribution in [3.05, 3.63) is 34.3 Å². The van der Waals surface area contributed by atoms with Gasteiger partial charge in [-0.05, 0) is 31.4 Å². The van der Waals surface area contributed by atoms with Gasteiger partial charge < -0.3 is 10.1 Å². The molecule has 0 spiro atoms. The number of nitrogens with one attached hydrogen (secondary N) is 1. The summed E-state index contributed by atoms with van der Waals surface area (Å²) in [5.74, 6) is 0.710. The van der Waals surface area contributed by atoms with Crippen molar-refractivity contribution in [1.29, 1.82) is 0 Å². The number of rotatable bonds is 5. The van der Waals surface area contributed by atoms with Crippen LogP contribution in [-0.4, -0.2) is 24.7 Å². The maximum absolute atomic E-state index is 12.0. The van der Waals surface area contributed by atoms with Gasteiger partial charge in [-0.15, -0.1) is 0 Å². The first-order valence-corrected chi connectivity index (χ1v) is 7.66. The molecule has 1 aromatic carbocycles. The molecule has 2 saturated carbocycles. The van der Waals surface area contributed by atoms with Crippen LogP contribution in [0.4, 0.5) is 0 Å². The lowest BCUT2D eigenvalue weighted by molar-refractivity contribution is -0.123. The summed E-state index contributed by atoms with van der Waals surface area (Å²) in [6.07, 6.45) is 2.08. The van der Waals surface area contributed by atoms with Crippen molar-refractivity contribution in [2.24, 2.45) is 5.92 Å². The van der Waals surface area contributed by atoms with Gasteiger partial charge in [-0.3, -0.25) is 4.79 Å². The number of carbonyl (C=O) groups is 1. The van der Waals surface area contributed by atoms with E-state index in [1.54, 1.807) is 0 Å². The van der Waals surface area contributed by atoms with Gasteiger partial charge in [0, 0.05) is 23.0 Å². The van der Waals surface area contributed by atoms with Gasteiger partial charge in [-0.2, -0.15) is 0 Å². The second-order valence-corrected chi connectivity index (χ2v) is 6.17. The summed E-state index contributed by atoms with van der Waals surface area (Å²) in [7, 11) is 0. The lowest BCUT2D eigenvalue weighted by Gasteiger charge is -2.06. The molecule has 0 saturated heterocycles. The Morgan fingerprint density at radius 3 is 2.95 bits per heavy atom. The number of benzene rings is 1.